The minimum absolute atomic E-state index is 0.0942. The number of benzene rings is 1. The van der Waals surface area contributed by atoms with E-state index in [0.29, 0.717) is 6.61 Å². The number of thioether (sulfide) groups is 1. The van der Waals surface area contributed by atoms with Crippen molar-refractivity contribution in [2.75, 3.05) is 12.9 Å². The Morgan fingerprint density at radius 1 is 1.29 bits per heavy atom. The molecule has 0 radical (unpaired) electrons. The summed E-state index contributed by atoms with van der Waals surface area (Å²) in [7, 11) is 0. The highest BCUT2D eigenvalue weighted by molar-refractivity contribution is 7.98. The zero-order valence-corrected chi connectivity index (χ0v) is 9.31. The Hall–Kier alpha value is -0.470. The van der Waals surface area contributed by atoms with Crippen LogP contribution in [0.4, 0.5) is 0 Å². The first-order chi connectivity index (χ1) is 6.80. The lowest BCUT2D eigenvalue weighted by Crippen LogP contribution is -2.37. The molecule has 1 aliphatic rings. The normalized spacial score (nSPS) is 19.0. The number of aliphatic hydroxyl groups excluding tert-OH is 1. The van der Waals surface area contributed by atoms with E-state index in [1.807, 2.05) is 0 Å². The highest BCUT2D eigenvalue weighted by Gasteiger charge is 2.37. The van der Waals surface area contributed by atoms with Crippen molar-refractivity contribution >= 4 is 11.8 Å². The first kappa shape index (κ1) is 10.1. The van der Waals surface area contributed by atoms with E-state index in [1.54, 1.807) is 11.8 Å². The van der Waals surface area contributed by atoms with Crippen LogP contribution in [0.25, 0.3) is 0 Å². The van der Waals surface area contributed by atoms with Gasteiger partial charge in [-0.3, -0.25) is 0 Å². The first-order valence-electron chi connectivity index (χ1n) is 5.06. The highest BCUT2D eigenvalue weighted by atomic mass is 32.2. The third-order valence-corrected chi connectivity index (χ3v) is 4.06. The maximum atomic E-state index is 9.41. The lowest BCUT2D eigenvalue weighted by Gasteiger charge is -2.40. The monoisotopic (exact) mass is 208 g/mol. The molecule has 1 aromatic rings. The van der Waals surface area contributed by atoms with Gasteiger partial charge in [0, 0.05) is 10.3 Å². The molecular formula is C12H16OS. The molecule has 0 atom stereocenters. The molecule has 14 heavy (non-hydrogen) atoms. The van der Waals surface area contributed by atoms with E-state index < -0.39 is 0 Å². The van der Waals surface area contributed by atoms with Crippen molar-refractivity contribution in [3.63, 3.8) is 0 Å². The van der Waals surface area contributed by atoms with Crippen LogP contribution < -0.4 is 0 Å². The van der Waals surface area contributed by atoms with Crippen LogP contribution in [0.2, 0.25) is 0 Å². The predicted molar refractivity (Wildman–Crippen MR) is 60.8 cm³/mol. The fourth-order valence-corrected chi connectivity index (χ4v) is 2.49. The summed E-state index contributed by atoms with van der Waals surface area (Å²) in [5, 5.41) is 9.41. The molecule has 1 saturated carbocycles. The van der Waals surface area contributed by atoms with Crippen LogP contribution in [-0.4, -0.2) is 18.0 Å². The van der Waals surface area contributed by atoms with Crippen LogP contribution in [-0.2, 0) is 5.41 Å². The van der Waals surface area contributed by atoms with Crippen LogP contribution in [0.1, 0.15) is 24.8 Å². The van der Waals surface area contributed by atoms with Gasteiger partial charge in [-0.2, -0.15) is 0 Å². The van der Waals surface area contributed by atoms with E-state index in [2.05, 4.69) is 30.5 Å². The van der Waals surface area contributed by atoms with Crippen molar-refractivity contribution in [2.45, 2.75) is 29.6 Å². The molecule has 1 fully saturated rings. The highest BCUT2D eigenvalue weighted by Crippen LogP contribution is 2.43. The van der Waals surface area contributed by atoms with Crippen molar-refractivity contribution in [1.29, 1.82) is 0 Å². The second-order valence-corrected chi connectivity index (χ2v) is 4.90. The van der Waals surface area contributed by atoms with Gasteiger partial charge in [-0.05, 0) is 36.8 Å². The molecule has 0 unspecified atom stereocenters. The van der Waals surface area contributed by atoms with Gasteiger partial charge in [0.1, 0.15) is 0 Å². The van der Waals surface area contributed by atoms with Gasteiger partial charge >= 0.3 is 0 Å². The summed E-state index contributed by atoms with van der Waals surface area (Å²) >= 11 is 1.76. The van der Waals surface area contributed by atoms with Gasteiger partial charge in [-0.15, -0.1) is 11.8 Å². The van der Waals surface area contributed by atoms with Gasteiger partial charge in [-0.1, -0.05) is 18.6 Å². The van der Waals surface area contributed by atoms with Crippen molar-refractivity contribution in [2.24, 2.45) is 0 Å². The van der Waals surface area contributed by atoms with E-state index in [-0.39, 0.29) is 5.41 Å². The third kappa shape index (κ3) is 1.57. The summed E-state index contributed by atoms with van der Waals surface area (Å²) in [5.74, 6) is 0. The maximum absolute atomic E-state index is 9.41. The van der Waals surface area contributed by atoms with Gasteiger partial charge in [0.2, 0.25) is 0 Å². The number of hydrogen-bond donors (Lipinski definition) is 1. The summed E-state index contributed by atoms with van der Waals surface area (Å²) in [6, 6.07) is 8.63. The fraction of sp³-hybridized carbons (Fsp3) is 0.500. The Morgan fingerprint density at radius 3 is 2.29 bits per heavy atom. The van der Waals surface area contributed by atoms with E-state index in [0.717, 1.165) is 12.8 Å². The lowest BCUT2D eigenvalue weighted by molar-refractivity contribution is 0.120. The topological polar surface area (TPSA) is 20.2 Å². The Kier molecular flexibility index (Phi) is 2.84. The van der Waals surface area contributed by atoms with Crippen LogP contribution in [0.15, 0.2) is 29.2 Å². The first-order valence-corrected chi connectivity index (χ1v) is 6.29. The summed E-state index contributed by atoms with van der Waals surface area (Å²) in [6.07, 6.45) is 5.62. The van der Waals surface area contributed by atoms with Crippen LogP contribution in [0.3, 0.4) is 0 Å². The third-order valence-electron chi connectivity index (χ3n) is 3.32. The lowest BCUT2D eigenvalue weighted by atomic mass is 9.65. The Balaban J connectivity index is 2.23. The Morgan fingerprint density at radius 2 is 1.93 bits per heavy atom. The molecule has 0 aromatic heterocycles. The molecule has 76 valence electrons. The minimum atomic E-state index is 0.0942. The summed E-state index contributed by atoms with van der Waals surface area (Å²) in [4.78, 5) is 1.29. The quantitative estimate of drug-likeness (QED) is 0.771. The summed E-state index contributed by atoms with van der Waals surface area (Å²) in [6.45, 7) is 0.297. The number of rotatable bonds is 3. The Bertz CT molecular complexity index is 295. The number of hydrogen-bond acceptors (Lipinski definition) is 2. The maximum Gasteiger partial charge on any atom is 0.0527 e. The van der Waals surface area contributed by atoms with E-state index in [1.165, 1.54) is 16.9 Å². The van der Waals surface area contributed by atoms with E-state index in [9.17, 15) is 5.11 Å². The van der Waals surface area contributed by atoms with Crippen LogP contribution in [0, 0.1) is 0 Å². The molecule has 0 spiro atoms. The van der Waals surface area contributed by atoms with Crippen LogP contribution in [0.5, 0.6) is 0 Å². The van der Waals surface area contributed by atoms with Gasteiger partial charge in [-0.25, -0.2) is 0 Å². The average Bonchev–Trinajstić information content (AvgIpc) is 2.18. The largest absolute Gasteiger partial charge is 0.395 e. The zero-order valence-electron chi connectivity index (χ0n) is 8.49. The molecular weight excluding hydrogens is 192 g/mol. The molecule has 0 saturated heterocycles. The summed E-state index contributed by atoms with van der Waals surface area (Å²) in [5.41, 5.74) is 1.40. The van der Waals surface area contributed by atoms with Crippen molar-refractivity contribution in [1.82, 2.24) is 0 Å². The van der Waals surface area contributed by atoms with Gasteiger partial charge < -0.3 is 5.11 Å². The predicted octanol–water partition coefficient (Wildman–Crippen LogP) is 2.82. The molecule has 1 nitrogen and oxygen atoms in total. The smallest absolute Gasteiger partial charge is 0.0527 e. The zero-order chi connectivity index (χ0) is 10.0. The minimum Gasteiger partial charge on any atom is -0.395 e. The molecule has 1 aromatic carbocycles. The van der Waals surface area contributed by atoms with Gasteiger partial charge in [0.25, 0.3) is 0 Å². The molecule has 2 rings (SSSR count). The molecule has 0 bridgehead atoms. The molecule has 1 N–H and O–H groups in total. The van der Waals surface area contributed by atoms with Crippen molar-refractivity contribution in [3.05, 3.63) is 29.8 Å². The Labute approximate surface area is 89.5 Å². The van der Waals surface area contributed by atoms with Gasteiger partial charge in [0.15, 0.2) is 0 Å². The SMILES string of the molecule is CSc1ccc(C2(CO)CCC2)cc1. The second-order valence-electron chi connectivity index (χ2n) is 4.02. The van der Waals surface area contributed by atoms with E-state index in [4.69, 9.17) is 0 Å². The molecule has 2 heteroatoms. The molecule has 0 amide bonds. The standard InChI is InChI=1S/C12H16OS/c1-14-11-5-3-10(4-6-11)12(9-13)7-2-8-12/h3-6,13H,2,7-9H2,1H3. The molecule has 0 heterocycles. The molecule has 1 aliphatic carbocycles. The van der Waals surface area contributed by atoms with Crippen molar-refractivity contribution in [3.8, 4) is 0 Å². The van der Waals surface area contributed by atoms with Crippen LogP contribution >= 0.6 is 11.8 Å². The van der Waals surface area contributed by atoms with Gasteiger partial charge in [0.05, 0.1) is 6.61 Å². The fourth-order valence-electron chi connectivity index (χ4n) is 2.09. The number of aliphatic hydroxyl groups is 1. The average molecular weight is 208 g/mol. The van der Waals surface area contributed by atoms with E-state index >= 15 is 0 Å². The molecule has 0 aliphatic heterocycles. The second kappa shape index (κ2) is 3.95. The summed E-state index contributed by atoms with van der Waals surface area (Å²) < 4.78 is 0. The van der Waals surface area contributed by atoms with Crippen molar-refractivity contribution < 1.29 is 5.11 Å².